The molecule has 14 heavy (non-hydrogen) atoms. The van der Waals surface area contributed by atoms with E-state index in [-0.39, 0.29) is 0 Å². The highest BCUT2D eigenvalue weighted by Gasteiger charge is 2.21. The van der Waals surface area contributed by atoms with Crippen LogP contribution in [0.1, 0.15) is 26.7 Å². The first-order valence-corrected chi connectivity index (χ1v) is 6.58. The van der Waals surface area contributed by atoms with Crippen LogP contribution in [-0.2, 0) is 9.59 Å². The van der Waals surface area contributed by atoms with E-state index >= 15 is 0 Å². The molecule has 0 aromatic rings. The van der Waals surface area contributed by atoms with Crippen LogP contribution in [0.4, 0.5) is 0 Å². The minimum atomic E-state index is -0.884. The molecule has 0 aromatic carbocycles. The van der Waals surface area contributed by atoms with Crippen LogP contribution in [0.15, 0.2) is 0 Å². The van der Waals surface area contributed by atoms with E-state index in [0.717, 1.165) is 21.6 Å². The lowest BCUT2D eigenvalue weighted by Crippen LogP contribution is -2.17. The van der Waals surface area contributed by atoms with Crippen molar-refractivity contribution in [2.45, 2.75) is 37.2 Å². The zero-order valence-electron chi connectivity index (χ0n) is 8.10. The smallest absolute Gasteiger partial charge is 0.317 e. The van der Waals surface area contributed by atoms with Gasteiger partial charge in [-0.05, 0) is 12.8 Å². The van der Waals surface area contributed by atoms with Crippen LogP contribution in [0.25, 0.3) is 0 Å². The van der Waals surface area contributed by atoms with Gasteiger partial charge in [0.25, 0.3) is 0 Å². The van der Waals surface area contributed by atoms with Gasteiger partial charge in [-0.3, -0.25) is 9.59 Å². The highest BCUT2D eigenvalue weighted by atomic mass is 33.1. The molecule has 0 spiro atoms. The zero-order chi connectivity index (χ0) is 11.1. The summed E-state index contributed by atoms with van der Waals surface area (Å²) >= 11 is 0. The van der Waals surface area contributed by atoms with E-state index in [0.29, 0.717) is 12.8 Å². The summed E-state index contributed by atoms with van der Waals surface area (Å²) in [5.74, 6) is -1.77. The van der Waals surface area contributed by atoms with Crippen molar-refractivity contribution >= 4 is 33.5 Å². The maximum absolute atomic E-state index is 10.6. The van der Waals surface area contributed by atoms with Crippen LogP contribution in [0.5, 0.6) is 0 Å². The molecule has 0 aromatic heterocycles. The third kappa shape index (κ3) is 4.76. The van der Waals surface area contributed by atoms with Crippen molar-refractivity contribution in [2.75, 3.05) is 0 Å². The molecule has 0 heterocycles. The average molecular weight is 238 g/mol. The fourth-order valence-corrected chi connectivity index (χ4v) is 3.52. The Kier molecular flexibility index (Phi) is 6.82. The molecule has 0 fully saturated rings. The molecule has 0 bridgehead atoms. The molecule has 0 aliphatic heterocycles. The van der Waals surface area contributed by atoms with Crippen molar-refractivity contribution in [1.82, 2.24) is 0 Å². The second kappa shape index (κ2) is 7.00. The van der Waals surface area contributed by atoms with E-state index in [1.807, 2.05) is 0 Å². The number of carboxylic acids is 2. The topological polar surface area (TPSA) is 74.6 Å². The summed E-state index contributed by atoms with van der Waals surface area (Å²) < 4.78 is 0. The molecule has 0 aliphatic rings. The summed E-state index contributed by atoms with van der Waals surface area (Å²) in [6, 6.07) is 0. The quantitative estimate of drug-likeness (QED) is 0.662. The van der Waals surface area contributed by atoms with E-state index < -0.39 is 22.4 Å². The summed E-state index contributed by atoms with van der Waals surface area (Å²) in [6.07, 6.45) is 1.01. The van der Waals surface area contributed by atoms with Crippen molar-refractivity contribution in [3.05, 3.63) is 0 Å². The van der Waals surface area contributed by atoms with Gasteiger partial charge in [-0.2, -0.15) is 0 Å². The Morgan fingerprint density at radius 3 is 1.43 bits per heavy atom. The largest absolute Gasteiger partial charge is 0.480 e. The summed E-state index contributed by atoms with van der Waals surface area (Å²) in [6.45, 7) is 3.54. The number of rotatable bonds is 7. The molecule has 0 amide bonds. The second-order valence-electron chi connectivity index (χ2n) is 2.66. The van der Waals surface area contributed by atoms with Crippen LogP contribution < -0.4 is 0 Å². The molecule has 82 valence electrons. The van der Waals surface area contributed by atoms with Crippen molar-refractivity contribution < 1.29 is 19.8 Å². The molecule has 0 saturated heterocycles. The molecule has 0 rings (SSSR count). The molecule has 0 aliphatic carbocycles. The van der Waals surface area contributed by atoms with Gasteiger partial charge in [0, 0.05) is 0 Å². The monoisotopic (exact) mass is 238 g/mol. The van der Waals surface area contributed by atoms with Gasteiger partial charge < -0.3 is 10.2 Å². The van der Waals surface area contributed by atoms with Crippen LogP contribution in [0.2, 0.25) is 0 Å². The highest BCUT2D eigenvalue weighted by Crippen LogP contribution is 2.34. The van der Waals surface area contributed by atoms with Gasteiger partial charge in [0.05, 0.1) is 0 Å². The van der Waals surface area contributed by atoms with Gasteiger partial charge in [0.1, 0.15) is 10.5 Å². The Bertz CT molecular complexity index is 186. The van der Waals surface area contributed by atoms with Crippen LogP contribution in [0, 0.1) is 0 Å². The Balaban J connectivity index is 4.00. The standard InChI is InChI=1S/C8H14O4S2/c1-3-5(7(9)10)13-14-6(4-2)8(11)12/h5-6H,3-4H2,1-2H3,(H,9,10)(H,11,12)/t5-,6-/m0/s1. The third-order valence-electron chi connectivity index (χ3n) is 1.58. The molecular formula is C8H14O4S2. The number of carboxylic acid groups (broad SMARTS) is 2. The fourth-order valence-electron chi connectivity index (χ4n) is 0.702. The molecular weight excluding hydrogens is 224 g/mol. The van der Waals surface area contributed by atoms with Gasteiger partial charge in [0.15, 0.2) is 0 Å². The van der Waals surface area contributed by atoms with E-state index in [9.17, 15) is 9.59 Å². The molecule has 0 unspecified atom stereocenters. The molecule has 2 N–H and O–H groups in total. The number of carbonyl (C=O) groups is 2. The van der Waals surface area contributed by atoms with E-state index in [1.54, 1.807) is 13.8 Å². The summed E-state index contributed by atoms with van der Waals surface area (Å²) in [4.78, 5) is 21.2. The maximum atomic E-state index is 10.6. The Labute approximate surface area is 90.9 Å². The van der Waals surface area contributed by atoms with Gasteiger partial charge in [0.2, 0.25) is 0 Å². The van der Waals surface area contributed by atoms with Crippen molar-refractivity contribution in [3.63, 3.8) is 0 Å². The average Bonchev–Trinajstić information content (AvgIpc) is 2.11. The maximum Gasteiger partial charge on any atom is 0.317 e. The summed E-state index contributed by atoms with van der Waals surface area (Å²) in [7, 11) is 2.25. The summed E-state index contributed by atoms with van der Waals surface area (Å²) in [5.41, 5.74) is 0. The Hall–Kier alpha value is -0.360. The number of hydrogen-bond acceptors (Lipinski definition) is 4. The van der Waals surface area contributed by atoms with Crippen molar-refractivity contribution in [2.24, 2.45) is 0 Å². The Morgan fingerprint density at radius 1 is 1.00 bits per heavy atom. The lowest BCUT2D eigenvalue weighted by molar-refractivity contribution is -0.137. The Morgan fingerprint density at radius 2 is 1.29 bits per heavy atom. The number of aliphatic carboxylic acids is 2. The highest BCUT2D eigenvalue weighted by molar-refractivity contribution is 8.77. The van der Waals surface area contributed by atoms with Gasteiger partial charge >= 0.3 is 11.9 Å². The van der Waals surface area contributed by atoms with Crippen LogP contribution >= 0.6 is 21.6 Å². The molecule has 0 radical (unpaired) electrons. The summed E-state index contributed by atoms with van der Waals surface area (Å²) in [5, 5.41) is 16.4. The lowest BCUT2D eigenvalue weighted by atomic mass is 10.3. The second-order valence-corrected chi connectivity index (χ2v) is 5.34. The molecule has 2 atom stereocenters. The third-order valence-corrected chi connectivity index (χ3v) is 4.95. The molecule has 4 nitrogen and oxygen atoms in total. The minimum Gasteiger partial charge on any atom is -0.480 e. The normalized spacial score (nSPS) is 14.7. The molecule has 0 saturated carbocycles. The fraction of sp³-hybridized carbons (Fsp3) is 0.750. The van der Waals surface area contributed by atoms with Gasteiger partial charge in [-0.15, -0.1) is 0 Å². The van der Waals surface area contributed by atoms with Gasteiger partial charge in [-0.25, -0.2) is 0 Å². The zero-order valence-corrected chi connectivity index (χ0v) is 9.73. The SMILES string of the molecule is CC[C@H](SS[C@@H](CC)C(=O)O)C(=O)O. The van der Waals surface area contributed by atoms with Crippen molar-refractivity contribution in [1.29, 1.82) is 0 Å². The van der Waals surface area contributed by atoms with Crippen molar-refractivity contribution in [3.8, 4) is 0 Å². The predicted octanol–water partition coefficient (Wildman–Crippen LogP) is 2.09. The van der Waals surface area contributed by atoms with E-state index in [4.69, 9.17) is 10.2 Å². The van der Waals surface area contributed by atoms with Gasteiger partial charge in [-0.1, -0.05) is 35.4 Å². The minimum absolute atomic E-state index is 0.503. The first kappa shape index (κ1) is 13.6. The van der Waals surface area contributed by atoms with Crippen LogP contribution in [-0.4, -0.2) is 32.7 Å². The van der Waals surface area contributed by atoms with E-state index in [1.165, 1.54) is 0 Å². The number of hydrogen-bond donors (Lipinski definition) is 2. The van der Waals surface area contributed by atoms with Crippen LogP contribution in [0.3, 0.4) is 0 Å². The predicted molar refractivity (Wildman–Crippen MR) is 58.6 cm³/mol. The molecule has 6 heteroatoms. The lowest BCUT2D eigenvalue weighted by Gasteiger charge is -2.12. The first-order valence-electron chi connectivity index (χ1n) is 4.30. The van der Waals surface area contributed by atoms with E-state index in [2.05, 4.69) is 0 Å². The first-order chi connectivity index (χ1) is 6.52.